The summed E-state index contributed by atoms with van der Waals surface area (Å²) in [5.41, 5.74) is 9.47. The molecule has 6 heteroatoms. The van der Waals surface area contributed by atoms with E-state index in [1.54, 1.807) is 0 Å². The third kappa shape index (κ3) is 1.87. The van der Waals surface area contributed by atoms with E-state index in [9.17, 15) is 0 Å². The Bertz CT molecular complexity index is 714. The number of fused-ring (bicyclic) bond motifs is 1. The molecule has 3 aromatic rings. The third-order valence-electron chi connectivity index (χ3n) is 3.05. The van der Waals surface area contributed by atoms with Gasteiger partial charge >= 0.3 is 0 Å². The number of nitrogens with one attached hydrogen (secondary N) is 1. The van der Waals surface area contributed by atoms with E-state index in [1.807, 2.05) is 43.3 Å². The van der Waals surface area contributed by atoms with Crippen LogP contribution in [0.25, 0.3) is 22.3 Å². The second-order valence-corrected chi connectivity index (χ2v) is 4.50. The number of aromatic amines is 1. The van der Waals surface area contributed by atoms with Gasteiger partial charge in [-0.05, 0) is 12.1 Å². The average Bonchev–Trinajstić information content (AvgIpc) is 2.84. The molecule has 2 heterocycles. The number of nitrogen functional groups attached to an aromatic ring is 1. The van der Waals surface area contributed by atoms with Gasteiger partial charge < -0.3 is 10.6 Å². The first kappa shape index (κ1) is 11.5. The van der Waals surface area contributed by atoms with Crippen LogP contribution in [0.5, 0.6) is 0 Å². The normalized spacial score (nSPS) is 10.8. The van der Waals surface area contributed by atoms with Gasteiger partial charge in [0.25, 0.3) is 0 Å². The van der Waals surface area contributed by atoms with Crippen molar-refractivity contribution in [2.45, 2.75) is 0 Å². The van der Waals surface area contributed by atoms with Crippen LogP contribution in [0.4, 0.5) is 11.5 Å². The molecule has 0 radical (unpaired) electrons. The van der Waals surface area contributed by atoms with E-state index in [-0.39, 0.29) is 0 Å². The number of hydrogen-bond acceptors (Lipinski definition) is 5. The van der Waals surface area contributed by atoms with Gasteiger partial charge in [-0.2, -0.15) is 5.10 Å². The predicted octanol–water partition coefficient (Wildman–Crippen LogP) is 1.67. The quantitative estimate of drug-likeness (QED) is 0.726. The lowest BCUT2D eigenvalue weighted by atomic mass is 10.1. The smallest absolute Gasteiger partial charge is 0.186 e. The van der Waals surface area contributed by atoms with Crippen molar-refractivity contribution in [1.82, 2.24) is 20.2 Å². The SMILES string of the molecule is CN(C)c1ccc(-c2[nH]nc3ncnc(N)c23)cc1. The molecular formula is C13H14N6. The van der Waals surface area contributed by atoms with Gasteiger partial charge in [0.1, 0.15) is 12.1 Å². The molecule has 19 heavy (non-hydrogen) atoms. The summed E-state index contributed by atoms with van der Waals surface area (Å²) in [6.45, 7) is 0. The van der Waals surface area contributed by atoms with Crippen LogP contribution in [-0.2, 0) is 0 Å². The molecule has 1 aromatic carbocycles. The van der Waals surface area contributed by atoms with Crippen LogP contribution in [0, 0.1) is 0 Å². The Morgan fingerprint density at radius 3 is 2.53 bits per heavy atom. The maximum absolute atomic E-state index is 5.90. The topological polar surface area (TPSA) is 83.7 Å². The van der Waals surface area contributed by atoms with Crippen molar-refractivity contribution in [3.05, 3.63) is 30.6 Å². The predicted molar refractivity (Wildman–Crippen MR) is 75.9 cm³/mol. The summed E-state index contributed by atoms with van der Waals surface area (Å²) >= 11 is 0. The highest BCUT2D eigenvalue weighted by Gasteiger charge is 2.12. The van der Waals surface area contributed by atoms with E-state index >= 15 is 0 Å². The summed E-state index contributed by atoms with van der Waals surface area (Å²) in [5.74, 6) is 0.436. The number of anilines is 2. The minimum Gasteiger partial charge on any atom is -0.383 e. The molecule has 6 nitrogen and oxygen atoms in total. The van der Waals surface area contributed by atoms with Crippen molar-refractivity contribution in [3.8, 4) is 11.3 Å². The van der Waals surface area contributed by atoms with Gasteiger partial charge in [-0.15, -0.1) is 0 Å². The fourth-order valence-electron chi connectivity index (χ4n) is 2.01. The first-order chi connectivity index (χ1) is 9.16. The lowest BCUT2D eigenvalue weighted by molar-refractivity contribution is 1.09. The zero-order valence-electron chi connectivity index (χ0n) is 10.8. The molecule has 0 bridgehead atoms. The Hall–Kier alpha value is -2.63. The zero-order chi connectivity index (χ0) is 13.4. The van der Waals surface area contributed by atoms with Crippen LogP contribution >= 0.6 is 0 Å². The molecule has 2 aromatic heterocycles. The molecule has 0 saturated heterocycles. The summed E-state index contributed by atoms with van der Waals surface area (Å²) in [6.07, 6.45) is 1.41. The van der Waals surface area contributed by atoms with E-state index in [1.165, 1.54) is 6.33 Å². The molecule has 0 saturated carbocycles. The second-order valence-electron chi connectivity index (χ2n) is 4.50. The summed E-state index contributed by atoms with van der Waals surface area (Å²) < 4.78 is 0. The van der Waals surface area contributed by atoms with Gasteiger partial charge in [0.05, 0.1) is 11.1 Å². The largest absolute Gasteiger partial charge is 0.383 e. The molecule has 0 atom stereocenters. The van der Waals surface area contributed by atoms with Gasteiger partial charge in [0.2, 0.25) is 0 Å². The third-order valence-corrected chi connectivity index (χ3v) is 3.05. The highest BCUT2D eigenvalue weighted by Crippen LogP contribution is 2.29. The number of aromatic nitrogens is 4. The van der Waals surface area contributed by atoms with Gasteiger partial charge in [-0.1, -0.05) is 12.1 Å². The van der Waals surface area contributed by atoms with E-state index in [2.05, 4.69) is 20.2 Å². The molecule has 96 valence electrons. The highest BCUT2D eigenvalue weighted by molar-refractivity contribution is 5.97. The molecule has 0 amide bonds. The Labute approximate surface area is 110 Å². The van der Waals surface area contributed by atoms with Crippen LogP contribution in [0.1, 0.15) is 0 Å². The Balaban J connectivity index is 2.14. The van der Waals surface area contributed by atoms with Gasteiger partial charge in [0, 0.05) is 25.3 Å². The molecule has 0 aliphatic heterocycles. The molecular weight excluding hydrogens is 240 g/mol. The maximum Gasteiger partial charge on any atom is 0.186 e. The average molecular weight is 254 g/mol. The minimum atomic E-state index is 0.436. The number of H-pyrrole nitrogens is 1. The molecule has 0 aliphatic carbocycles. The summed E-state index contributed by atoms with van der Waals surface area (Å²) in [7, 11) is 4.01. The standard InChI is InChI=1S/C13H14N6/c1-19(2)9-5-3-8(4-6-9)11-10-12(14)15-7-16-13(10)18-17-11/h3-7H,1-2H3,(H3,14,15,16,17,18). The first-order valence-corrected chi connectivity index (χ1v) is 5.89. The fourth-order valence-corrected chi connectivity index (χ4v) is 2.01. The summed E-state index contributed by atoms with van der Waals surface area (Å²) in [4.78, 5) is 10.2. The number of rotatable bonds is 2. The molecule has 0 aliphatic rings. The Morgan fingerprint density at radius 2 is 1.84 bits per heavy atom. The van der Waals surface area contributed by atoms with Crippen molar-refractivity contribution in [2.24, 2.45) is 0 Å². The Morgan fingerprint density at radius 1 is 1.11 bits per heavy atom. The summed E-state index contributed by atoms with van der Waals surface area (Å²) in [6, 6.07) is 8.13. The minimum absolute atomic E-state index is 0.436. The Kier molecular flexibility index (Phi) is 2.56. The van der Waals surface area contributed by atoms with Crippen molar-refractivity contribution in [2.75, 3.05) is 24.7 Å². The van der Waals surface area contributed by atoms with Crippen molar-refractivity contribution >= 4 is 22.5 Å². The lowest BCUT2D eigenvalue weighted by Gasteiger charge is -2.12. The van der Waals surface area contributed by atoms with Crippen molar-refractivity contribution in [1.29, 1.82) is 0 Å². The number of nitrogens with two attached hydrogens (primary N) is 1. The molecule has 0 fully saturated rings. The summed E-state index contributed by atoms with van der Waals surface area (Å²) in [5, 5.41) is 7.88. The number of nitrogens with zero attached hydrogens (tertiary/aromatic N) is 4. The van der Waals surface area contributed by atoms with Crippen LogP contribution in [0.2, 0.25) is 0 Å². The maximum atomic E-state index is 5.90. The highest BCUT2D eigenvalue weighted by atomic mass is 15.2. The van der Waals surface area contributed by atoms with E-state index in [4.69, 9.17) is 5.73 Å². The van der Waals surface area contributed by atoms with Crippen molar-refractivity contribution < 1.29 is 0 Å². The second kappa shape index (κ2) is 4.24. The van der Waals surface area contributed by atoms with Crippen LogP contribution in [0.3, 0.4) is 0 Å². The van der Waals surface area contributed by atoms with Gasteiger partial charge in [0.15, 0.2) is 5.65 Å². The fraction of sp³-hybridized carbons (Fsp3) is 0.154. The zero-order valence-corrected chi connectivity index (χ0v) is 10.8. The van der Waals surface area contributed by atoms with Gasteiger partial charge in [-0.25, -0.2) is 9.97 Å². The monoisotopic (exact) mass is 254 g/mol. The van der Waals surface area contributed by atoms with Crippen LogP contribution < -0.4 is 10.6 Å². The van der Waals surface area contributed by atoms with E-state index in [0.717, 1.165) is 22.3 Å². The molecule has 3 rings (SSSR count). The first-order valence-electron chi connectivity index (χ1n) is 5.89. The van der Waals surface area contributed by atoms with Crippen LogP contribution in [-0.4, -0.2) is 34.3 Å². The molecule has 3 N–H and O–H groups in total. The molecule has 0 unspecified atom stereocenters. The van der Waals surface area contributed by atoms with Crippen molar-refractivity contribution in [3.63, 3.8) is 0 Å². The number of benzene rings is 1. The number of hydrogen-bond donors (Lipinski definition) is 2. The van der Waals surface area contributed by atoms with E-state index < -0.39 is 0 Å². The van der Waals surface area contributed by atoms with Crippen LogP contribution in [0.15, 0.2) is 30.6 Å². The van der Waals surface area contributed by atoms with Gasteiger partial charge in [-0.3, -0.25) is 5.10 Å². The lowest BCUT2D eigenvalue weighted by Crippen LogP contribution is -2.07. The van der Waals surface area contributed by atoms with E-state index in [0.29, 0.717) is 11.5 Å². The molecule has 0 spiro atoms.